The predicted octanol–water partition coefficient (Wildman–Crippen LogP) is 1.86. The molecule has 4 heteroatoms. The van der Waals surface area contributed by atoms with Gasteiger partial charge in [-0.2, -0.15) is 5.10 Å². The number of aromatic nitrogens is 2. The average Bonchev–Trinajstić information content (AvgIpc) is 2.84. The van der Waals surface area contributed by atoms with E-state index in [-0.39, 0.29) is 5.91 Å². The molecule has 4 nitrogen and oxygen atoms in total. The third kappa shape index (κ3) is 1.79. The van der Waals surface area contributed by atoms with Crippen LogP contribution in [0.2, 0.25) is 0 Å². The van der Waals surface area contributed by atoms with E-state index in [1.54, 1.807) is 4.68 Å². The van der Waals surface area contributed by atoms with Crippen molar-refractivity contribution in [1.29, 1.82) is 0 Å². The minimum Gasteiger partial charge on any atom is -0.349 e. The number of nitrogens with zero attached hydrogens (tertiary/aromatic N) is 2. The highest BCUT2D eigenvalue weighted by molar-refractivity contribution is 5.94. The van der Waals surface area contributed by atoms with E-state index in [0.717, 1.165) is 24.2 Å². The van der Waals surface area contributed by atoms with Gasteiger partial charge in [-0.25, -0.2) is 0 Å². The van der Waals surface area contributed by atoms with Crippen molar-refractivity contribution < 1.29 is 4.79 Å². The van der Waals surface area contributed by atoms with Gasteiger partial charge in [-0.05, 0) is 24.1 Å². The Kier molecular flexibility index (Phi) is 2.63. The summed E-state index contributed by atoms with van der Waals surface area (Å²) in [6.07, 6.45) is 1.00. The van der Waals surface area contributed by atoms with Gasteiger partial charge in [0, 0.05) is 12.1 Å². The molecule has 0 spiro atoms. The molecule has 0 saturated heterocycles. The fourth-order valence-corrected chi connectivity index (χ4v) is 2.23. The largest absolute Gasteiger partial charge is 0.349 e. The van der Waals surface area contributed by atoms with E-state index in [1.807, 2.05) is 18.2 Å². The molecule has 1 aromatic heterocycles. The highest BCUT2D eigenvalue weighted by Crippen LogP contribution is 2.21. The Balaban J connectivity index is 2.04. The number of rotatable bonds is 2. The van der Waals surface area contributed by atoms with Crippen molar-refractivity contribution in [2.75, 3.05) is 6.54 Å². The standard InChI is InChI=1S/C14H15N3O/c1-2-10-4-3-5-11(8-10)12-9-13-14(18)15-6-7-17(13)16-12/h3-5,8-9H,2,6-7H2,1H3,(H,15,18). The summed E-state index contributed by atoms with van der Waals surface area (Å²) in [5, 5.41) is 7.33. The van der Waals surface area contributed by atoms with Crippen molar-refractivity contribution in [3.8, 4) is 11.3 Å². The van der Waals surface area contributed by atoms with Gasteiger partial charge in [-0.15, -0.1) is 0 Å². The maximum absolute atomic E-state index is 11.7. The molecular formula is C14H15N3O. The monoisotopic (exact) mass is 241 g/mol. The lowest BCUT2D eigenvalue weighted by Crippen LogP contribution is -2.35. The van der Waals surface area contributed by atoms with Crippen LogP contribution >= 0.6 is 0 Å². The van der Waals surface area contributed by atoms with Crippen LogP contribution in [0.15, 0.2) is 30.3 Å². The lowest BCUT2D eigenvalue weighted by atomic mass is 10.1. The van der Waals surface area contributed by atoms with Crippen LogP contribution < -0.4 is 5.32 Å². The predicted molar refractivity (Wildman–Crippen MR) is 69.4 cm³/mol. The Morgan fingerprint density at radius 3 is 3.06 bits per heavy atom. The van der Waals surface area contributed by atoms with E-state index in [4.69, 9.17) is 0 Å². The zero-order chi connectivity index (χ0) is 12.5. The second-order valence-corrected chi connectivity index (χ2v) is 4.45. The molecule has 1 aromatic carbocycles. The molecule has 0 aliphatic carbocycles. The number of benzene rings is 1. The number of hydrogen-bond donors (Lipinski definition) is 1. The maximum atomic E-state index is 11.7. The van der Waals surface area contributed by atoms with Crippen molar-refractivity contribution >= 4 is 5.91 Å². The Hall–Kier alpha value is -2.10. The number of hydrogen-bond acceptors (Lipinski definition) is 2. The second kappa shape index (κ2) is 4.29. The van der Waals surface area contributed by atoms with Gasteiger partial charge in [0.1, 0.15) is 5.69 Å². The molecule has 1 amide bonds. The first-order chi connectivity index (χ1) is 8.78. The van der Waals surface area contributed by atoms with Crippen LogP contribution in [0.3, 0.4) is 0 Å². The number of fused-ring (bicyclic) bond motifs is 1. The highest BCUT2D eigenvalue weighted by atomic mass is 16.2. The molecule has 1 aliphatic heterocycles. The summed E-state index contributed by atoms with van der Waals surface area (Å²) >= 11 is 0. The summed E-state index contributed by atoms with van der Waals surface area (Å²) in [6.45, 7) is 3.53. The zero-order valence-electron chi connectivity index (χ0n) is 10.3. The van der Waals surface area contributed by atoms with Gasteiger partial charge in [0.25, 0.3) is 5.91 Å². The molecule has 18 heavy (non-hydrogen) atoms. The average molecular weight is 241 g/mol. The smallest absolute Gasteiger partial charge is 0.269 e. The molecule has 0 atom stereocenters. The first kappa shape index (κ1) is 11.0. The Morgan fingerprint density at radius 2 is 2.28 bits per heavy atom. The third-order valence-electron chi connectivity index (χ3n) is 3.25. The molecule has 2 heterocycles. The van der Waals surface area contributed by atoms with Gasteiger partial charge in [0.05, 0.1) is 12.2 Å². The lowest BCUT2D eigenvalue weighted by Gasteiger charge is -2.13. The maximum Gasteiger partial charge on any atom is 0.269 e. The summed E-state index contributed by atoms with van der Waals surface area (Å²) < 4.78 is 1.78. The van der Waals surface area contributed by atoms with Gasteiger partial charge >= 0.3 is 0 Å². The molecular weight excluding hydrogens is 226 g/mol. The molecule has 1 aliphatic rings. The zero-order valence-corrected chi connectivity index (χ0v) is 10.3. The fraction of sp³-hybridized carbons (Fsp3) is 0.286. The lowest BCUT2D eigenvalue weighted by molar-refractivity contribution is 0.0924. The minimum atomic E-state index is -0.0355. The van der Waals surface area contributed by atoms with Gasteiger partial charge in [0.15, 0.2) is 0 Å². The number of nitrogens with one attached hydrogen (secondary N) is 1. The third-order valence-corrected chi connectivity index (χ3v) is 3.25. The van der Waals surface area contributed by atoms with E-state index in [9.17, 15) is 4.79 Å². The Bertz CT molecular complexity index is 601. The van der Waals surface area contributed by atoms with Crippen molar-refractivity contribution in [3.05, 3.63) is 41.6 Å². The summed E-state index contributed by atoms with van der Waals surface area (Å²) in [4.78, 5) is 11.7. The van der Waals surface area contributed by atoms with Gasteiger partial charge in [-0.1, -0.05) is 25.1 Å². The van der Waals surface area contributed by atoms with E-state index in [2.05, 4.69) is 29.5 Å². The van der Waals surface area contributed by atoms with Crippen molar-refractivity contribution in [2.45, 2.75) is 19.9 Å². The molecule has 1 N–H and O–H groups in total. The summed E-state index contributed by atoms with van der Waals surface area (Å²) in [6, 6.07) is 10.2. The van der Waals surface area contributed by atoms with Gasteiger partial charge < -0.3 is 5.32 Å². The molecule has 0 bridgehead atoms. The molecule has 0 unspecified atom stereocenters. The van der Waals surface area contributed by atoms with Crippen LogP contribution in [0.5, 0.6) is 0 Å². The normalized spacial score (nSPS) is 14.2. The van der Waals surface area contributed by atoms with Crippen molar-refractivity contribution in [2.24, 2.45) is 0 Å². The Labute approximate surface area is 106 Å². The summed E-state index contributed by atoms with van der Waals surface area (Å²) in [7, 11) is 0. The summed E-state index contributed by atoms with van der Waals surface area (Å²) in [5.74, 6) is -0.0355. The molecule has 2 aromatic rings. The Morgan fingerprint density at radius 1 is 1.39 bits per heavy atom. The van der Waals surface area contributed by atoms with Crippen LogP contribution in [0, 0.1) is 0 Å². The molecule has 3 rings (SSSR count). The second-order valence-electron chi connectivity index (χ2n) is 4.45. The van der Waals surface area contributed by atoms with Crippen molar-refractivity contribution in [1.82, 2.24) is 15.1 Å². The van der Waals surface area contributed by atoms with Crippen LogP contribution in [0.4, 0.5) is 0 Å². The van der Waals surface area contributed by atoms with Gasteiger partial charge in [0.2, 0.25) is 0 Å². The quantitative estimate of drug-likeness (QED) is 0.872. The summed E-state index contributed by atoms with van der Waals surface area (Å²) in [5.41, 5.74) is 3.88. The first-order valence-corrected chi connectivity index (χ1v) is 6.23. The number of amides is 1. The topological polar surface area (TPSA) is 46.9 Å². The first-order valence-electron chi connectivity index (χ1n) is 6.23. The number of carbonyl (C=O) groups is 1. The van der Waals surface area contributed by atoms with E-state index in [1.165, 1.54) is 5.56 Å². The minimum absolute atomic E-state index is 0.0355. The fourth-order valence-electron chi connectivity index (χ4n) is 2.23. The highest BCUT2D eigenvalue weighted by Gasteiger charge is 2.19. The van der Waals surface area contributed by atoms with Crippen LogP contribution in [0.25, 0.3) is 11.3 Å². The van der Waals surface area contributed by atoms with Crippen LogP contribution in [-0.2, 0) is 13.0 Å². The molecule has 0 fully saturated rings. The number of carbonyl (C=O) groups excluding carboxylic acids is 1. The number of aryl methyl sites for hydroxylation is 1. The van der Waals surface area contributed by atoms with Crippen LogP contribution in [-0.4, -0.2) is 22.2 Å². The molecule has 0 radical (unpaired) electrons. The van der Waals surface area contributed by atoms with Gasteiger partial charge in [-0.3, -0.25) is 9.48 Å². The van der Waals surface area contributed by atoms with E-state index < -0.39 is 0 Å². The SMILES string of the molecule is CCc1cccc(-c2cc3n(n2)CCNC3=O)c1. The molecule has 92 valence electrons. The van der Waals surface area contributed by atoms with Crippen LogP contribution in [0.1, 0.15) is 23.0 Å². The van der Waals surface area contributed by atoms with E-state index >= 15 is 0 Å². The molecule has 0 saturated carbocycles. The van der Waals surface area contributed by atoms with Crippen molar-refractivity contribution in [3.63, 3.8) is 0 Å². The van der Waals surface area contributed by atoms with E-state index in [0.29, 0.717) is 12.2 Å².